The summed E-state index contributed by atoms with van der Waals surface area (Å²) in [6.45, 7) is 6.36. The molecule has 0 saturated heterocycles. The molecule has 5 heteroatoms. The number of nitrogens with zero attached hydrogens (tertiary/aromatic N) is 1. The van der Waals surface area contributed by atoms with E-state index >= 15 is 0 Å². The van der Waals surface area contributed by atoms with E-state index in [1.54, 1.807) is 6.21 Å². The maximum absolute atomic E-state index is 12.1. The zero-order chi connectivity index (χ0) is 19.9. The molecule has 0 aromatic heterocycles. The van der Waals surface area contributed by atoms with Crippen LogP contribution in [-0.2, 0) is 4.79 Å². The highest BCUT2D eigenvalue weighted by atomic mass is 16.5. The lowest BCUT2D eigenvalue weighted by Crippen LogP contribution is -2.24. The van der Waals surface area contributed by atoms with Crippen molar-refractivity contribution >= 4 is 22.9 Å². The van der Waals surface area contributed by atoms with Crippen LogP contribution in [-0.4, -0.2) is 25.3 Å². The summed E-state index contributed by atoms with van der Waals surface area (Å²) < 4.78 is 11.3. The van der Waals surface area contributed by atoms with Crippen molar-refractivity contribution < 1.29 is 14.3 Å². The maximum Gasteiger partial charge on any atom is 0.277 e. The van der Waals surface area contributed by atoms with E-state index in [9.17, 15) is 4.79 Å². The first-order valence-electron chi connectivity index (χ1n) is 9.25. The molecule has 0 atom stereocenters. The molecule has 1 N–H and O–H groups in total. The van der Waals surface area contributed by atoms with Crippen molar-refractivity contribution in [3.63, 3.8) is 0 Å². The van der Waals surface area contributed by atoms with Gasteiger partial charge in [0, 0.05) is 5.56 Å². The van der Waals surface area contributed by atoms with Gasteiger partial charge in [-0.05, 0) is 54.8 Å². The lowest BCUT2D eigenvalue weighted by atomic mass is 10.0. The number of ether oxygens (including phenoxy) is 2. The molecule has 5 nitrogen and oxygen atoms in total. The lowest BCUT2D eigenvalue weighted by molar-refractivity contribution is -0.123. The van der Waals surface area contributed by atoms with E-state index in [-0.39, 0.29) is 12.5 Å². The molecule has 3 rings (SSSR count). The summed E-state index contributed by atoms with van der Waals surface area (Å²) in [5.74, 6) is 1.10. The fourth-order valence-electron chi connectivity index (χ4n) is 2.92. The molecule has 3 aromatic carbocycles. The van der Waals surface area contributed by atoms with Crippen LogP contribution >= 0.6 is 0 Å². The Labute approximate surface area is 165 Å². The molecular weight excluding hydrogens is 352 g/mol. The largest absolute Gasteiger partial charge is 0.493 e. The SMILES string of the molecule is CCOc1ccc2ccccc2c1C=NNC(=O)COc1cccc(C)c1C. The van der Waals surface area contributed by atoms with Gasteiger partial charge in [0.25, 0.3) is 5.91 Å². The summed E-state index contributed by atoms with van der Waals surface area (Å²) in [7, 11) is 0. The van der Waals surface area contributed by atoms with Gasteiger partial charge < -0.3 is 9.47 Å². The van der Waals surface area contributed by atoms with Crippen molar-refractivity contribution in [2.75, 3.05) is 13.2 Å². The Balaban J connectivity index is 1.69. The van der Waals surface area contributed by atoms with Gasteiger partial charge in [-0.25, -0.2) is 5.43 Å². The summed E-state index contributed by atoms with van der Waals surface area (Å²) in [5.41, 5.74) is 5.49. The molecule has 0 aliphatic carbocycles. The summed E-state index contributed by atoms with van der Waals surface area (Å²) in [4.78, 5) is 12.1. The van der Waals surface area contributed by atoms with Crippen LogP contribution in [0.3, 0.4) is 0 Å². The fraction of sp³-hybridized carbons (Fsp3) is 0.217. The van der Waals surface area contributed by atoms with Gasteiger partial charge in [-0.15, -0.1) is 0 Å². The highest BCUT2D eigenvalue weighted by Crippen LogP contribution is 2.26. The summed E-state index contributed by atoms with van der Waals surface area (Å²) in [6, 6.07) is 17.7. The molecule has 0 aliphatic heterocycles. The Morgan fingerprint density at radius 3 is 2.64 bits per heavy atom. The monoisotopic (exact) mass is 376 g/mol. The molecule has 0 heterocycles. The number of fused-ring (bicyclic) bond motifs is 1. The number of hydrazone groups is 1. The van der Waals surface area contributed by atoms with Gasteiger partial charge in [-0.1, -0.05) is 42.5 Å². The van der Waals surface area contributed by atoms with Gasteiger partial charge in [-0.2, -0.15) is 5.10 Å². The minimum Gasteiger partial charge on any atom is -0.493 e. The van der Waals surface area contributed by atoms with Crippen LogP contribution in [0.25, 0.3) is 10.8 Å². The Morgan fingerprint density at radius 1 is 1.00 bits per heavy atom. The number of carbonyl (C=O) groups excluding carboxylic acids is 1. The quantitative estimate of drug-likeness (QED) is 0.492. The third kappa shape index (κ3) is 4.49. The highest BCUT2D eigenvalue weighted by Gasteiger charge is 2.08. The Morgan fingerprint density at radius 2 is 1.82 bits per heavy atom. The number of aryl methyl sites for hydroxylation is 1. The van der Waals surface area contributed by atoms with E-state index < -0.39 is 0 Å². The Hall–Kier alpha value is -3.34. The molecule has 28 heavy (non-hydrogen) atoms. The molecule has 0 radical (unpaired) electrons. The molecule has 0 spiro atoms. The summed E-state index contributed by atoms with van der Waals surface area (Å²) >= 11 is 0. The van der Waals surface area contributed by atoms with Crippen molar-refractivity contribution in [3.8, 4) is 11.5 Å². The number of carbonyl (C=O) groups is 1. The smallest absolute Gasteiger partial charge is 0.277 e. The fourth-order valence-corrected chi connectivity index (χ4v) is 2.92. The zero-order valence-corrected chi connectivity index (χ0v) is 16.4. The van der Waals surface area contributed by atoms with Gasteiger partial charge in [0.1, 0.15) is 11.5 Å². The van der Waals surface area contributed by atoms with Crippen molar-refractivity contribution in [3.05, 3.63) is 71.3 Å². The van der Waals surface area contributed by atoms with Gasteiger partial charge in [0.05, 0.1) is 12.8 Å². The van der Waals surface area contributed by atoms with Gasteiger partial charge in [0.15, 0.2) is 6.61 Å². The normalized spacial score (nSPS) is 11.0. The van der Waals surface area contributed by atoms with E-state index in [0.717, 1.165) is 33.2 Å². The number of benzene rings is 3. The molecule has 144 valence electrons. The molecule has 0 aliphatic rings. The van der Waals surface area contributed by atoms with Crippen molar-refractivity contribution in [2.45, 2.75) is 20.8 Å². The minimum absolute atomic E-state index is 0.102. The number of rotatable bonds is 7. The molecule has 0 unspecified atom stereocenters. The van der Waals surface area contributed by atoms with Gasteiger partial charge in [0.2, 0.25) is 0 Å². The van der Waals surface area contributed by atoms with Crippen molar-refractivity contribution in [2.24, 2.45) is 5.10 Å². The van der Waals surface area contributed by atoms with E-state index in [4.69, 9.17) is 9.47 Å². The van der Waals surface area contributed by atoms with Gasteiger partial charge >= 0.3 is 0 Å². The predicted octanol–water partition coefficient (Wildman–Crippen LogP) is 4.38. The molecule has 0 saturated carbocycles. The Bertz CT molecular complexity index is 1010. The third-order valence-corrected chi connectivity index (χ3v) is 4.53. The number of hydrogen-bond donors (Lipinski definition) is 1. The molecule has 0 fully saturated rings. The maximum atomic E-state index is 12.1. The standard InChI is InChI=1S/C23H24N2O3/c1-4-27-22-13-12-18-9-5-6-10-19(18)20(22)14-24-25-23(26)15-28-21-11-7-8-16(2)17(21)3/h5-14H,4,15H2,1-3H3,(H,25,26). The van der Waals surface area contributed by atoms with Crippen LogP contribution in [0.15, 0.2) is 59.7 Å². The summed E-state index contributed by atoms with van der Waals surface area (Å²) in [5, 5.41) is 6.19. The van der Waals surface area contributed by atoms with Crippen LogP contribution in [0.4, 0.5) is 0 Å². The van der Waals surface area contributed by atoms with E-state index in [0.29, 0.717) is 12.4 Å². The van der Waals surface area contributed by atoms with Crippen LogP contribution in [0, 0.1) is 13.8 Å². The van der Waals surface area contributed by atoms with Crippen LogP contribution in [0.1, 0.15) is 23.6 Å². The second kappa shape index (κ2) is 9.04. The Kier molecular flexibility index (Phi) is 6.27. The average Bonchev–Trinajstić information content (AvgIpc) is 2.70. The molecular formula is C23H24N2O3. The van der Waals surface area contributed by atoms with E-state index in [1.807, 2.05) is 75.4 Å². The van der Waals surface area contributed by atoms with Gasteiger partial charge in [-0.3, -0.25) is 4.79 Å². The minimum atomic E-state index is -0.324. The second-order valence-electron chi connectivity index (χ2n) is 6.41. The van der Waals surface area contributed by atoms with Crippen LogP contribution in [0.5, 0.6) is 11.5 Å². The van der Waals surface area contributed by atoms with Crippen molar-refractivity contribution in [1.82, 2.24) is 5.43 Å². The lowest BCUT2D eigenvalue weighted by Gasteiger charge is -2.11. The topological polar surface area (TPSA) is 59.9 Å². The third-order valence-electron chi connectivity index (χ3n) is 4.53. The second-order valence-corrected chi connectivity index (χ2v) is 6.41. The molecule has 1 amide bonds. The number of amides is 1. The first-order valence-corrected chi connectivity index (χ1v) is 9.25. The number of hydrogen-bond acceptors (Lipinski definition) is 4. The molecule has 0 bridgehead atoms. The zero-order valence-electron chi connectivity index (χ0n) is 16.4. The highest BCUT2D eigenvalue weighted by molar-refractivity contribution is 6.02. The van der Waals surface area contributed by atoms with E-state index in [2.05, 4.69) is 10.5 Å². The first kappa shape index (κ1) is 19.4. The number of nitrogens with one attached hydrogen (secondary N) is 1. The predicted molar refractivity (Wildman–Crippen MR) is 112 cm³/mol. The van der Waals surface area contributed by atoms with Crippen molar-refractivity contribution in [1.29, 1.82) is 0 Å². The average molecular weight is 376 g/mol. The molecule has 3 aromatic rings. The van der Waals surface area contributed by atoms with E-state index in [1.165, 1.54) is 0 Å². The van der Waals surface area contributed by atoms with Crippen LogP contribution < -0.4 is 14.9 Å². The first-order chi connectivity index (χ1) is 13.6. The van der Waals surface area contributed by atoms with Crippen LogP contribution in [0.2, 0.25) is 0 Å². The summed E-state index contributed by atoms with van der Waals surface area (Å²) in [6.07, 6.45) is 1.61.